The Balaban J connectivity index is 1.31. The second-order valence-electron chi connectivity index (χ2n) is 18.0. The van der Waals surface area contributed by atoms with Crippen LogP contribution in [-0.2, 0) is 0 Å². The lowest BCUT2D eigenvalue weighted by atomic mass is 9.46. The zero-order valence-corrected chi connectivity index (χ0v) is 37.7. The highest BCUT2D eigenvalue weighted by Gasteiger charge is 2.50. The first-order valence-electron chi connectivity index (χ1n) is 22.7. The maximum atomic E-state index is 11.9. The van der Waals surface area contributed by atoms with E-state index in [-0.39, 0.29) is 24.4 Å². The van der Waals surface area contributed by atoms with Gasteiger partial charge in [0, 0.05) is 23.2 Å². The molecular formula is C58H50BN5O. The molecule has 316 valence electrons. The normalized spacial score (nSPS) is 13.9. The van der Waals surface area contributed by atoms with Crippen molar-refractivity contribution >= 4 is 35.0 Å². The van der Waals surface area contributed by atoms with Crippen molar-refractivity contribution in [3.8, 4) is 45.2 Å². The van der Waals surface area contributed by atoms with Crippen LogP contribution in [0.3, 0.4) is 0 Å². The molecule has 2 aromatic heterocycles. The monoisotopic (exact) mass is 843 g/mol. The standard InChI is InChI=1S/C58H50BN5O/c1-36(2)46-33-42(40-21-9-7-10-22-40)34-47(37(3)4)55(46)63-57(45-25-13-14-28-51(45)65)61-56-58(63)62(43-23-11-8-12-24-43)52-29-18-27-50-54(53-38(5)19-17-20-39(53)6)44-31-30-41(49-26-15-16-32-60-49)35-48(44)59(56)64(50)52/h7-37,65H,1-6H3. The number of fused-ring (bicyclic) bond motifs is 4. The number of aromatic hydroxyl groups is 1. The number of hydrogen-bond acceptors (Lipinski definition) is 5. The predicted octanol–water partition coefficient (Wildman–Crippen LogP) is 12.6. The molecule has 0 radical (unpaired) electrons. The molecule has 11 rings (SSSR count). The predicted molar refractivity (Wildman–Crippen MR) is 269 cm³/mol. The molecule has 0 aliphatic carbocycles. The molecule has 0 fully saturated rings. The lowest BCUT2D eigenvalue weighted by Crippen LogP contribution is -2.65. The molecule has 7 heteroatoms. The van der Waals surface area contributed by atoms with E-state index in [1.54, 1.807) is 6.07 Å². The van der Waals surface area contributed by atoms with Crippen molar-refractivity contribution in [1.29, 1.82) is 0 Å². The first-order chi connectivity index (χ1) is 31.7. The number of anilines is 2. The Kier molecular flexibility index (Phi) is 9.80. The van der Waals surface area contributed by atoms with Crippen LogP contribution < -0.4 is 16.0 Å². The Bertz CT molecular complexity index is 3210. The van der Waals surface area contributed by atoms with E-state index in [1.165, 1.54) is 50.1 Å². The van der Waals surface area contributed by atoms with Gasteiger partial charge in [0.1, 0.15) is 23.2 Å². The Morgan fingerprint density at radius 1 is 0.631 bits per heavy atom. The molecule has 0 saturated heterocycles. The van der Waals surface area contributed by atoms with E-state index < -0.39 is 0 Å². The Morgan fingerprint density at radius 3 is 1.98 bits per heavy atom. The van der Waals surface area contributed by atoms with Gasteiger partial charge in [0.05, 0.1) is 22.5 Å². The maximum Gasteiger partial charge on any atom is 0.355 e. The zero-order valence-electron chi connectivity index (χ0n) is 37.7. The van der Waals surface area contributed by atoms with Crippen molar-refractivity contribution in [2.45, 2.75) is 53.4 Å². The molecule has 8 aromatic rings. The second kappa shape index (κ2) is 15.9. The number of phenolic OH excluding ortho intramolecular Hbond substituents is 1. The fourth-order valence-electron chi connectivity index (χ4n) is 10.3. The molecule has 6 nitrogen and oxygen atoms in total. The third-order valence-corrected chi connectivity index (χ3v) is 13.3. The van der Waals surface area contributed by atoms with E-state index in [4.69, 9.17) is 9.97 Å². The van der Waals surface area contributed by atoms with Gasteiger partial charge in [0.2, 0.25) is 0 Å². The van der Waals surface area contributed by atoms with Gasteiger partial charge in [0.15, 0.2) is 0 Å². The molecule has 0 saturated carbocycles. The highest BCUT2D eigenvalue weighted by molar-refractivity contribution is 6.86. The maximum absolute atomic E-state index is 11.9. The minimum atomic E-state index is -0.345. The number of phenols is 1. The van der Waals surface area contributed by atoms with Crippen molar-refractivity contribution in [2.75, 3.05) is 4.90 Å². The average molecular weight is 844 g/mol. The summed E-state index contributed by atoms with van der Waals surface area (Å²) in [5.74, 6) is 3.12. The number of allylic oxidation sites excluding steroid dienone is 3. The summed E-state index contributed by atoms with van der Waals surface area (Å²) in [5.41, 5.74) is 18.7. The van der Waals surface area contributed by atoms with Crippen LogP contribution in [0.15, 0.2) is 188 Å². The molecular weight excluding hydrogens is 793 g/mol. The summed E-state index contributed by atoms with van der Waals surface area (Å²) in [6, 6.07) is 53.4. The summed E-state index contributed by atoms with van der Waals surface area (Å²) < 4.78 is 2.39. The highest BCUT2D eigenvalue weighted by Crippen LogP contribution is 2.49. The van der Waals surface area contributed by atoms with Crippen LogP contribution in [0.2, 0.25) is 0 Å². The molecule has 6 aromatic carbocycles. The number of aromatic nitrogens is 3. The van der Waals surface area contributed by atoms with Gasteiger partial charge < -0.3 is 9.92 Å². The van der Waals surface area contributed by atoms with Gasteiger partial charge in [-0.15, -0.1) is 0 Å². The van der Waals surface area contributed by atoms with E-state index >= 15 is 0 Å². The minimum absolute atomic E-state index is 0.148. The van der Waals surface area contributed by atoms with Gasteiger partial charge >= 0.3 is 6.85 Å². The van der Waals surface area contributed by atoms with Crippen LogP contribution in [0.1, 0.15) is 72.9 Å². The molecule has 3 aliphatic heterocycles. The summed E-state index contributed by atoms with van der Waals surface area (Å²) >= 11 is 0. The van der Waals surface area contributed by atoms with Gasteiger partial charge in [-0.05, 0) is 142 Å². The largest absolute Gasteiger partial charge is 0.507 e. The van der Waals surface area contributed by atoms with E-state index in [1.807, 2.05) is 30.5 Å². The van der Waals surface area contributed by atoms with E-state index in [0.29, 0.717) is 11.4 Å². The number of pyridine rings is 1. The molecule has 5 heterocycles. The summed E-state index contributed by atoms with van der Waals surface area (Å²) in [6.45, 7) is 13.2. The number of nitrogens with zero attached hydrogens (tertiary/aromatic N) is 5. The number of aryl methyl sites for hydroxylation is 2. The van der Waals surface area contributed by atoms with Crippen LogP contribution in [0, 0.1) is 13.8 Å². The third-order valence-electron chi connectivity index (χ3n) is 13.3. The lowest BCUT2D eigenvalue weighted by molar-refractivity contribution is 0.477. The van der Waals surface area contributed by atoms with Gasteiger partial charge in [-0.2, -0.15) is 0 Å². The molecule has 0 spiro atoms. The first-order valence-corrected chi connectivity index (χ1v) is 22.7. The molecule has 65 heavy (non-hydrogen) atoms. The van der Waals surface area contributed by atoms with Crippen molar-refractivity contribution in [3.63, 3.8) is 0 Å². The van der Waals surface area contributed by atoms with Crippen molar-refractivity contribution in [1.82, 2.24) is 19.3 Å². The zero-order chi connectivity index (χ0) is 44.5. The number of rotatable bonds is 8. The Hall–Kier alpha value is -7.64. The van der Waals surface area contributed by atoms with Gasteiger partial charge in [0.25, 0.3) is 0 Å². The van der Waals surface area contributed by atoms with Gasteiger partial charge in [-0.25, -0.2) is 4.98 Å². The Labute approximate surface area is 382 Å². The van der Waals surface area contributed by atoms with Crippen LogP contribution in [0.5, 0.6) is 5.75 Å². The van der Waals surface area contributed by atoms with E-state index in [2.05, 4.69) is 195 Å². The van der Waals surface area contributed by atoms with Crippen LogP contribution in [-0.4, -0.2) is 31.3 Å². The molecule has 3 aliphatic rings. The second-order valence-corrected chi connectivity index (χ2v) is 18.0. The van der Waals surface area contributed by atoms with Crippen molar-refractivity contribution < 1.29 is 5.11 Å². The quantitative estimate of drug-likeness (QED) is 0.154. The first kappa shape index (κ1) is 40.2. The molecule has 0 atom stereocenters. The van der Waals surface area contributed by atoms with E-state index in [0.717, 1.165) is 51.0 Å². The minimum Gasteiger partial charge on any atom is -0.507 e. The number of imidazole rings is 1. The van der Waals surface area contributed by atoms with Crippen molar-refractivity contribution in [2.24, 2.45) is 0 Å². The third kappa shape index (κ3) is 6.48. The van der Waals surface area contributed by atoms with Crippen LogP contribution in [0.4, 0.5) is 11.5 Å². The molecule has 1 N–H and O–H groups in total. The van der Waals surface area contributed by atoms with Crippen LogP contribution >= 0.6 is 0 Å². The number of para-hydroxylation sites is 2. The molecule has 0 unspecified atom stereocenters. The van der Waals surface area contributed by atoms with Crippen molar-refractivity contribution in [3.05, 3.63) is 221 Å². The van der Waals surface area contributed by atoms with Gasteiger partial charge in [-0.1, -0.05) is 137 Å². The summed E-state index contributed by atoms with van der Waals surface area (Å²) in [6.07, 6.45) is 8.60. The van der Waals surface area contributed by atoms with E-state index in [9.17, 15) is 5.11 Å². The smallest absolute Gasteiger partial charge is 0.355 e. The summed E-state index contributed by atoms with van der Waals surface area (Å²) in [5, 5.41) is 11.9. The number of benzene rings is 6. The fraction of sp³-hybridized carbons (Fsp3) is 0.138. The van der Waals surface area contributed by atoms with Gasteiger partial charge in [-0.3, -0.25) is 14.5 Å². The van der Waals surface area contributed by atoms with Crippen LogP contribution in [0.25, 0.3) is 45.0 Å². The molecule has 0 amide bonds. The SMILES string of the molecule is Cc1cccc(C)c1C1=C2C=CC=C3N2B(c2cc(-c4ccccn4)ccc21)c1nc(-c2ccccc2O)n(-c2c(C(C)C)cc(-c4ccccc4)cc2C(C)C)c1N3c1ccccc1. The number of hydrogen-bond donors (Lipinski definition) is 1. The Morgan fingerprint density at radius 2 is 1.31 bits per heavy atom. The fourth-order valence-corrected chi connectivity index (χ4v) is 10.3. The average Bonchev–Trinajstić information content (AvgIpc) is 3.71. The summed E-state index contributed by atoms with van der Waals surface area (Å²) in [7, 11) is 0. The summed E-state index contributed by atoms with van der Waals surface area (Å²) in [4.78, 5) is 15.7. The lowest BCUT2D eigenvalue weighted by Gasteiger charge is -2.49. The topological polar surface area (TPSA) is 57.4 Å². The highest BCUT2D eigenvalue weighted by atomic mass is 16.3. The molecule has 0 bridgehead atoms.